The maximum atomic E-state index is 10.7. The Morgan fingerprint density at radius 2 is 1.39 bits per heavy atom. The van der Waals surface area contributed by atoms with Crippen LogP contribution in [0.2, 0.25) is 0 Å². The van der Waals surface area contributed by atoms with Gasteiger partial charge in [0.2, 0.25) is 0 Å². The molecule has 6 rings (SSSR count). The SMILES string of the molecule is CC(C)c1cccc(C(C)C)c1-n1cc(-c2cc(C(C)(C)C)cc3cccnc23)nc1-c1cccc(-c2ccccc2O)c1. The van der Waals surface area contributed by atoms with E-state index in [0.717, 1.165) is 44.7 Å². The van der Waals surface area contributed by atoms with E-state index in [-0.39, 0.29) is 11.2 Å². The fourth-order valence-electron chi connectivity index (χ4n) is 6.04. The highest BCUT2D eigenvalue weighted by Crippen LogP contribution is 2.40. The van der Waals surface area contributed by atoms with Crippen molar-refractivity contribution in [2.45, 2.75) is 65.7 Å². The maximum Gasteiger partial charge on any atom is 0.145 e. The summed E-state index contributed by atoms with van der Waals surface area (Å²) in [6, 6.07) is 31.1. The molecular formula is C40H41N3O. The van der Waals surface area contributed by atoms with Crippen LogP contribution in [0.4, 0.5) is 0 Å². The Bertz CT molecular complexity index is 1950. The molecule has 0 saturated carbocycles. The lowest BCUT2D eigenvalue weighted by Crippen LogP contribution is -2.11. The first kappa shape index (κ1) is 29.4. The van der Waals surface area contributed by atoms with E-state index in [1.807, 2.05) is 42.6 Å². The van der Waals surface area contributed by atoms with Crippen LogP contribution in [0.1, 0.15) is 77.0 Å². The number of benzene rings is 4. The summed E-state index contributed by atoms with van der Waals surface area (Å²) in [5.41, 5.74) is 10.5. The van der Waals surface area contributed by atoms with E-state index in [1.54, 1.807) is 6.07 Å². The molecule has 0 aliphatic rings. The second kappa shape index (κ2) is 11.4. The van der Waals surface area contributed by atoms with Gasteiger partial charge in [0.15, 0.2) is 0 Å². The summed E-state index contributed by atoms with van der Waals surface area (Å²) in [4.78, 5) is 10.3. The number of fused-ring (bicyclic) bond motifs is 1. The van der Waals surface area contributed by atoms with Gasteiger partial charge in [0.05, 0.1) is 16.9 Å². The lowest BCUT2D eigenvalue weighted by Gasteiger charge is -2.22. The third kappa shape index (κ3) is 5.41. The lowest BCUT2D eigenvalue weighted by molar-refractivity contribution is 0.477. The fourth-order valence-corrected chi connectivity index (χ4v) is 6.04. The normalized spacial score (nSPS) is 12.0. The van der Waals surface area contributed by atoms with Gasteiger partial charge in [-0.25, -0.2) is 4.98 Å². The summed E-state index contributed by atoms with van der Waals surface area (Å²) in [5, 5.41) is 11.8. The van der Waals surface area contributed by atoms with Gasteiger partial charge in [-0.3, -0.25) is 9.55 Å². The molecule has 6 aromatic rings. The molecule has 4 aromatic carbocycles. The van der Waals surface area contributed by atoms with E-state index in [0.29, 0.717) is 11.8 Å². The Morgan fingerprint density at radius 3 is 2.07 bits per heavy atom. The summed E-state index contributed by atoms with van der Waals surface area (Å²) in [7, 11) is 0. The van der Waals surface area contributed by atoms with Crippen LogP contribution < -0.4 is 0 Å². The van der Waals surface area contributed by atoms with Crippen LogP contribution in [0.3, 0.4) is 0 Å². The Labute approximate surface area is 261 Å². The first-order valence-electron chi connectivity index (χ1n) is 15.5. The predicted molar refractivity (Wildman–Crippen MR) is 184 cm³/mol. The number of hydrogen-bond donors (Lipinski definition) is 1. The highest BCUT2D eigenvalue weighted by atomic mass is 16.3. The molecule has 0 aliphatic carbocycles. The molecule has 44 heavy (non-hydrogen) atoms. The summed E-state index contributed by atoms with van der Waals surface area (Å²) < 4.78 is 2.29. The number of imidazole rings is 1. The van der Waals surface area contributed by atoms with Crippen LogP contribution in [0.25, 0.3) is 50.4 Å². The van der Waals surface area contributed by atoms with E-state index in [1.165, 1.54) is 22.4 Å². The molecule has 0 radical (unpaired) electrons. The minimum atomic E-state index is -0.0365. The minimum absolute atomic E-state index is 0.0365. The molecule has 0 spiro atoms. The van der Waals surface area contributed by atoms with Gasteiger partial charge in [0.1, 0.15) is 11.6 Å². The van der Waals surface area contributed by atoms with Crippen molar-refractivity contribution in [3.8, 4) is 45.2 Å². The molecular weight excluding hydrogens is 538 g/mol. The Hall–Kier alpha value is -4.70. The van der Waals surface area contributed by atoms with Gasteiger partial charge in [-0.1, -0.05) is 109 Å². The molecule has 0 bridgehead atoms. The zero-order chi connectivity index (χ0) is 31.2. The zero-order valence-electron chi connectivity index (χ0n) is 26.8. The molecule has 0 aliphatic heterocycles. The van der Waals surface area contributed by atoms with Crippen LogP contribution >= 0.6 is 0 Å². The topological polar surface area (TPSA) is 50.9 Å². The number of rotatable bonds is 6. The standard InChI is InChI=1S/C40H41N3O/c1-25(2)31-17-11-18-32(26(3)4)38(31)43-24-35(34-23-30(40(5,6)7)22-28-15-12-20-41-37(28)34)42-39(43)29-14-10-13-27(21-29)33-16-8-9-19-36(33)44/h8-26,44H,1-7H3. The van der Waals surface area contributed by atoms with Crippen molar-refractivity contribution >= 4 is 10.9 Å². The van der Waals surface area contributed by atoms with Gasteiger partial charge in [-0.2, -0.15) is 0 Å². The van der Waals surface area contributed by atoms with Crippen LogP contribution in [-0.4, -0.2) is 19.6 Å². The molecule has 4 heteroatoms. The number of phenolic OH excluding ortho intramolecular Hbond substituents is 1. The molecule has 0 unspecified atom stereocenters. The van der Waals surface area contributed by atoms with Crippen molar-refractivity contribution in [1.29, 1.82) is 0 Å². The first-order valence-corrected chi connectivity index (χ1v) is 15.5. The van der Waals surface area contributed by atoms with Crippen molar-refractivity contribution in [3.63, 3.8) is 0 Å². The van der Waals surface area contributed by atoms with Gasteiger partial charge in [-0.15, -0.1) is 0 Å². The number of aromatic hydroxyl groups is 1. The molecule has 2 aromatic heterocycles. The predicted octanol–water partition coefficient (Wildman–Crippen LogP) is 10.7. The molecule has 2 heterocycles. The zero-order valence-corrected chi connectivity index (χ0v) is 26.8. The van der Waals surface area contributed by atoms with E-state index in [2.05, 4.69) is 108 Å². The smallest absolute Gasteiger partial charge is 0.145 e. The number of nitrogens with zero attached hydrogens (tertiary/aromatic N) is 3. The monoisotopic (exact) mass is 579 g/mol. The van der Waals surface area contributed by atoms with Gasteiger partial charge in [-0.05, 0) is 69.8 Å². The third-order valence-electron chi connectivity index (χ3n) is 8.47. The highest BCUT2D eigenvalue weighted by Gasteiger charge is 2.24. The first-order chi connectivity index (χ1) is 21.0. The number of pyridine rings is 1. The van der Waals surface area contributed by atoms with Gasteiger partial charge >= 0.3 is 0 Å². The van der Waals surface area contributed by atoms with Crippen LogP contribution in [0.15, 0.2) is 103 Å². The van der Waals surface area contributed by atoms with Crippen LogP contribution in [-0.2, 0) is 5.41 Å². The molecule has 1 N–H and O–H groups in total. The molecule has 0 saturated heterocycles. The number of para-hydroxylation sites is 2. The highest BCUT2D eigenvalue weighted by molar-refractivity contribution is 5.94. The van der Waals surface area contributed by atoms with Gasteiger partial charge in [0.25, 0.3) is 0 Å². The molecule has 0 fully saturated rings. The third-order valence-corrected chi connectivity index (χ3v) is 8.47. The number of aromatic nitrogens is 3. The van der Waals surface area contributed by atoms with Crippen molar-refractivity contribution in [2.75, 3.05) is 0 Å². The van der Waals surface area contributed by atoms with Crippen LogP contribution in [0.5, 0.6) is 5.75 Å². The van der Waals surface area contributed by atoms with E-state index < -0.39 is 0 Å². The largest absolute Gasteiger partial charge is 0.507 e. The average molecular weight is 580 g/mol. The fraction of sp³-hybridized carbons (Fsp3) is 0.250. The van der Waals surface area contributed by atoms with Crippen molar-refractivity contribution < 1.29 is 5.11 Å². The summed E-state index contributed by atoms with van der Waals surface area (Å²) in [5.74, 6) is 1.76. The molecule has 4 nitrogen and oxygen atoms in total. The summed E-state index contributed by atoms with van der Waals surface area (Å²) in [6.45, 7) is 15.8. The second-order valence-corrected chi connectivity index (χ2v) is 13.4. The Balaban J connectivity index is 1.68. The van der Waals surface area contributed by atoms with Crippen molar-refractivity contribution in [3.05, 3.63) is 120 Å². The van der Waals surface area contributed by atoms with Gasteiger partial charge < -0.3 is 5.11 Å². The quantitative estimate of drug-likeness (QED) is 0.213. The molecule has 0 amide bonds. The van der Waals surface area contributed by atoms with E-state index >= 15 is 0 Å². The second-order valence-electron chi connectivity index (χ2n) is 13.4. The van der Waals surface area contributed by atoms with Crippen molar-refractivity contribution in [1.82, 2.24) is 14.5 Å². The van der Waals surface area contributed by atoms with Crippen molar-refractivity contribution in [2.24, 2.45) is 0 Å². The summed E-state index contributed by atoms with van der Waals surface area (Å²) in [6.07, 6.45) is 4.06. The van der Waals surface area contributed by atoms with E-state index in [9.17, 15) is 5.11 Å². The Morgan fingerprint density at radius 1 is 0.705 bits per heavy atom. The Kier molecular flexibility index (Phi) is 7.63. The van der Waals surface area contributed by atoms with Crippen LogP contribution in [0, 0.1) is 0 Å². The lowest BCUT2D eigenvalue weighted by atomic mass is 9.84. The number of hydrogen-bond acceptors (Lipinski definition) is 3. The molecule has 222 valence electrons. The van der Waals surface area contributed by atoms with Gasteiger partial charge in [0, 0.05) is 34.5 Å². The number of phenols is 1. The van der Waals surface area contributed by atoms with E-state index in [4.69, 9.17) is 9.97 Å². The minimum Gasteiger partial charge on any atom is -0.507 e. The maximum absolute atomic E-state index is 10.7. The summed E-state index contributed by atoms with van der Waals surface area (Å²) >= 11 is 0. The molecule has 0 atom stereocenters. The average Bonchev–Trinajstić information content (AvgIpc) is 3.45.